The van der Waals surface area contributed by atoms with Gasteiger partial charge in [-0.05, 0) is 24.5 Å². The summed E-state index contributed by atoms with van der Waals surface area (Å²) in [5.74, 6) is -3.12. The summed E-state index contributed by atoms with van der Waals surface area (Å²) < 4.78 is 0. The molecule has 0 aliphatic heterocycles. The maximum atomic E-state index is 12.8. The van der Waals surface area contributed by atoms with Gasteiger partial charge in [0.15, 0.2) is 0 Å². The summed E-state index contributed by atoms with van der Waals surface area (Å²) in [4.78, 5) is 49.3. The van der Waals surface area contributed by atoms with Gasteiger partial charge in [-0.1, -0.05) is 60.7 Å². The molecule has 0 bridgehead atoms. The second-order valence-corrected chi connectivity index (χ2v) is 8.22. The number of amides is 3. The molecule has 0 spiro atoms. The Labute approximate surface area is 203 Å². The predicted molar refractivity (Wildman–Crippen MR) is 131 cm³/mol. The van der Waals surface area contributed by atoms with Gasteiger partial charge >= 0.3 is 5.97 Å². The molecule has 2 aromatic carbocycles. The number of carbonyl (C=O) groups excluding carboxylic acids is 3. The van der Waals surface area contributed by atoms with Crippen molar-refractivity contribution in [1.82, 2.24) is 16.0 Å². The molecule has 2 rings (SSSR count). The first-order chi connectivity index (χ1) is 16.2. The van der Waals surface area contributed by atoms with Crippen LogP contribution >= 0.6 is 12.6 Å². The lowest BCUT2D eigenvalue weighted by molar-refractivity contribution is -0.141. The number of aliphatic carboxylic acids is 1. The highest BCUT2D eigenvalue weighted by Gasteiger charge is 2.28. The molecular weight excluding hydrogens is 456 g/mol. The third kappa shape index (κ3) is 8.53. The number of carboxylic acids is 1. The third-order valence-corrected chi connectivity index (χ3v) is 5.47. The number of rotatable bonds is 12. The standard InChI is InChI=1S/C24H30N4O5S/c1-15(26-22(30)18(25)12-16-8-4-2-5-9-16)21(29)27-19(13-17-10-6-3-7-11-17)23(31)28-20(14-34)24(32)33/h2-11,15,18-20,34H,12-14,25H2,1H3,(H,26,30)(H,27,29)(H,28,31)(H,32,33). The quantitative estimate of drug-likeness (QED) is 0.237. The summed E-state index contributed by atoms with van der Waals surface area (Å²) in [6, 6.07) is 14.1. The zero-order valence-electron chi connectivity index (χ0n) is 18.8. The van der Waals surface area contributed by atoms with Crippen molar-refractivity contribution in [1.29, 1.82) is 0 Å². The van der Waals surface area contributed by atoms with Crippen molar-refractivity contribution in [3.05, 3.63) is 71.8 Å². The van der Waals surface area contributed by atoms with E-state index in [1.165, 1.54) is 6.92 Å². The van der Waals surface area contributed by atoms with Crippen molar-refractivity contribution in [2.24, 2.45) is 5.73 Å². The van der Waals surface area contributed by atoms with Crippen LogP contribution in [0.15, 0.2) is 60.7 Å². The highest BCUT2D eigenvalue weighted by Crippen LogP contribution is 2.06. The molecule has 182 valence electrons. The molecule has 0 saturated carbocycles. The van der Waals surface area contributed by atoms with Crippen molar-refractivity contribution in [3.63, 3.8) is 0 Å². The zero-order valence-corrected chi connectivity index (χ0v) is 19.7. The largest absolute Gasteiger partial charge is 0.480 e. The van der Waals surface area contributed by atoms with E-state index in [-0.39, 0.29) is 12.2 Å². The molecule has 34 heavy (non-hydrogen) atoms. The minimum Gasteiger partial charge on any atom is -0.480 e. The van der Waals surface area contributed by atoms with Crippen molar-refractivity contribution in [2.75, 3.05) is 5.75 Å². The lowest BCUT2D eigenvalue weighted by Gasteiger charge is -2.23. The van der Waals surface area contributed by atoms with E-state index in [0.717, 1.165) is 11.1 Å². The summed E-state index contributed by atoms with van der Waals surface area (Å²) in [7, 11) is 0. The normalized spacial score (nSPS) is 14.2. The predicted octanol–water partition coefficient (Wildman–Crippen LogP) is 0.288. The van der Waals surface area contributed by atoms with Gasteiger partial charge in [0, 0.05) is 12.2 Å². The van der Waals surface area contributed by atoms with Crippen LogP contribution in [-0.2, 0) is 32.0 Å². The molecule has 3 amide bonds. The monoisotopic (exact) mass is 486 g/mol. The van der Waals surface area contributed by atoms with Crippen LogP contribution in [0.3, 0.4) is 0 Å². The van der Waals surface area contributed by atoms with Crippen molar-refractivity contribution in [3.8, 4) is 0 Å². The maximum Gasteiger partial charge on any atom is 0.327 e. The Kier molecular flexibility index (Phi) is 10.6. The summed E-state index contributed by atoms with van der Waals surface area (Å²) in [6.45, 7) is 1.48. The van der Waals surface area contributed by atoms with E-state index in [4.69, 9.17) is 5.73 Å². The Bertz CT molecular complexity index is 974. The first-order valence-electron chi connectivity index (χ1n) is 10.8. The van der Waals surface area contributed by atoms with Crippen LogP contribution in [0.4, 0.5) is 0 Å². The SMILES string of the molecule is CC(NC(=O)C(N)Cc1ccccc1)C(=O)NC(Cc1ccccc1)C(=O)NC(CS)C(=O)O. The Morgan fingerprint density at radius 1 is 0.794 bits per heavy atom. The second-order valence-electron chi connectivity index (χ2n) is 7.86. The summed E-state index contributed by atoms with van der Waals surface area (Å²) in [5, 5.41) is 16.8. The van der Waals surface area contributed by atoms with Gasteiger partial charge in [0.2, 0.25) is 17.7 Å². The van der Waals surface area contributed by atoms with Crippen LogP contribution in [-0.4, -0.2) is 58.7 Å². The number of carbonyl (C=O) groups is 4. The smallest absolute Gasteiger partial charge is 0.327 e. The molecule has 4 atom stereocenters. The van der Waals surface area contributed by atoms with E-state index < -0.39 is 47.9 Å². The molecule has 0 aromatic heterocycles. The number of thiol groups is 1. The second kappa shape index (κ2) is 13.4. The Hall–Kier alpha value is -3.37. The molecule has 0 radical (unpaired) electrons. The molecule has 9 nitrogen and oxygen atoms in total. The fourth-order valence-corrected chi connectivity index (χ4v) is 3.41. The fraction of sp³-hybridized carbons (Fsp3) is 0.333. The van der Waals surface area contributed by atoms with Gasteiger partial charge in [0.25, 0.3) is 0 Å². The summed E-state index contributed by atoms with van der Waals surface area (Å²) in [6.07, 6.45) is 0.436. The van der Waals surface area contributed by atoms with Gasteiger partial charge in [-0.25, -0.2) is 4.79 Å². The van der Waals surface area contributed by atoms with Crippen LogP contribution < -0.4 is 21.7 Å². The average molecular weight is 487 g/mol. The average Bonchev–Trinajstić information content (AvgIpc) is 2.82. The van der Waals surface area contributed by atoms with Gasteiger partial charge < -0.3 is 26.8 Å². The van der Waals surface area contributed by atoms with E-state index >= 15 is 0 Å². The van der Waals surface area contributed by atoms with Crippen molar-refractivity contribution in [2.45, 2.75) is 43.9 Å². The van der Waals surface area contributed by atoms with E-state index in [2.05, 4.69) is 28.6 Å². The zero-order chi connectivity index (χ0) is 25.1. The molecule has 0 aliphatic rings. The number of benzene rings is 2. The molecule has 0 fully saturated rings. The van der Waals surface area contributed by atoms with Crippen LogP contribution in [0.2, 0.25) is 0 Å². The lowest BCUT2D eigenvalue weighted by Crippen LogP contribution is -2.57. The van der Waals surface area contributed by atoms with E-state index in [0.29, 0.717) is 6.42 Å². The first-order valence-corrected chi connectivity index (χ1v) is 11.4. The van der Waals surface area contributed by atoms with E-state index in [1.807, 2.05) is 36.4 Å². The van der Waals surface area contributed by atoms with Gasteiger partial charge in [0.05, 0.1) is 6.04 Å². The minimum absolute atomic E-state index is 0.112. The number of hydrogen-bond acceptors (Lipinski definition) is 6. The van der Waals surface area contributed by atoms with Crippen LogP contribution in [0.5, 0.6) is 0 Å². The molecule has 10 heteroatoms. The van der Waals surface area contributed by atoms with Gasteiger partial charge in [0.1, 0.15) is 18.1 Å². The van der Waals surface area contributed by atoms with Crippen molar-refractivity contribution >= 4 is 36.3 Å². The minimum atomic E-state index is -1.24. The van der Waals surface area contributed by atoms with Crippen molar-refractivity contribution < 1.29 is 24.3 Å². The van der Waals surface area contributed by atoms with E-state index in [1.54, 1.807) is 24.3 Å². The highest BCUT2D eigenvalue weighted by atomic mass is 32.1. The van der Waals surface area contributed by atoms with Gasteiger partial charge in [-0.3, -0.25) is 14.4 Å². The molecule has 0 saturated heterocycles. The third-order valence-electron chi connectivity index (χ3n) is 5.10. The lowest BCUT2D eigenvalue weighted by atomic mass is 10.0. The van der Waals surface area contributed by atoms with Gasteiger partial charge in [-0.2, -0.15) is 12.6 Å². The highest BCUT2D eigenvalue weighted by molar-refractivity contribution is 7.80. The molecule has 4 unspecified atom stereocenters. The Balaban J connectivity index is 2.03. The molecule has 0 heterocycles. The fourth-order valence-electron chi connectivity index (χ4n) is 3.16. The first kappa shape index (κ1) is 26.9. The van der Waals surface area contributed by atoms with Crippen LogP contribution in [0.25, 0.3) is 0 Å². The number of hydrogen-bond donors (Lipinski definition) is 6. The molecule has 2 aromatic rings. The molecule has 6 N–H and O–H groups in total. The number of nitrogens with two attached hydrogens (primary N) is 1. The van der Waals surface area contributed by atoms with E-state index in [9.17, 15) is 24.3 Å². The Morgan fingerprint density at radius 2 is 1.29 bits per heavy atom. The maximum absolute atomic E-state index is 12.8. The molecule has 0 aliphatic carbocycles. The van der Waals surface area contributed by atoms with Crippen LogP contribution in [0, 0.1) is 0 Å². The topological polar surface area (TPSA) is 151 Å². The Morgan fingerprint density at radius 3 is 1.79 bits per heavy atom. The van der Waals surface area contributed by atoms with Gasteiger partial charge in [-0.15, -0.1) is 0 Å². The number of carboxylic acid groups (broad SMARTS) is 1. The summed E-state index contributed by atoms with van der Waals surface area (Å²) >= 11 is 3.95. The van der Waals surface area contributed by atoms with Crippen LogP contribution in [0.1, 0.15) is 18.1 Å². The molecular formula is C24H30N4O5S. The summed E-state index contributed by atoms with van der Waals surface area (Å²) in [5.41, 5.74) is 7.63. The number of nitrogens with one attached hydrogen (secondary N) is 3.